The van der Waals surface area contributed by atoms with Crippen molar-refractivity contribution in [3.8, 4) is 0 Å². The first-order valence-corrected chi connectivity index (χ1v) is 7.61. The Balaban J connectivity index is 2.77. The number of amides is 1. The van der Waals surface area contributed by atoms with Gasteiger partial charge >= 0.3 is 0 Å². The number of aryl methyl sites for hydroxylation is 1. The monoisotopic (exact) mass is 334 g/mol. The molecule has 0 radical (unpaired) electrons. The van der Waals surface area contributed by atoms with Crippen molar-refractivity contribution in [2.75, 3.05) is 13.6 Å². The first kappa shape index (κ1) is 15.1. The van der Waals surface area contributed by atoms with E-state index in [1.165, 1.54) is 13.1 Å². The molecule has 0 aromatic heterocycles. The largest absolute Gasteiger partial charge is 0.359 e. The van der Waals surface area contributed by atoms with Crippen LogP contribution in [0.3, 0.4) is 0 Å². The normalized spacial score (nSPS) is 11.3. The van der Waals surface area contributed by atoms with E-state index in [0.29, 0.717) is 4.47 Å². The Morgan fingerprint density at radius 1 is 1.39 bits per heavy atom. The molecule has 1 aromatic carbocycles. The molecule has 0 aliphatic rings. The third-order valence-corrected chi connectivity index (χ3v) is 4.74. The van der Waals surface area contributed by atoms with Crippen LogP contribution < -0.4 is 10.0 Å². The summed E-state index contributed by atoms with van der Waals surface area (Å²) in [6.45, 7) is 1.95. The minimum absolute atomic E-state index is 0.0717. The summed E-state index contributed by atoms with van der Waals surface area (Å²) in [5.41, 5.74) is 0.964. The zero-order chi connectivity index (χ0) is 13.8. The molecule has 100 valence electrons. The zero-order valence-corrected chi connectivity index (χ0v) is 12.6. The molecule has 0 unspecified atom stereocenters. The number of hydrogen-bond acceptors (Lipinski definition) is 3. The van der Waals surface area contributed by atoms with Gasteiger partial charge in [0.1, 0.15) is 0 Å². The summed E-state index contributed by atoms with van der Waals surface area (Å²) in [7, 11) is -2.08. The van der Waals surface area contributed by atoms with Crippen LogP contribution in [-0.2, 0) is 14.8 Å². The lowest BCUT2D eigenvalue weighted by atomic mass is 10.2. The number of nitrogens with one attached hydrogen (secondary N) is 2. The maximum Gasteiger partial charge on any atom is 0.241 e. The number of rotatable bonds is 5. The first-order valence-electron chi connectivity index (χ1n) is 5.33. The van der Waals surface area contributed by atoms with E-state index < -0.39 is 10.0 Å². The molecule has 0 fully saturated rings. The Labute approximate surface area is 115 Å². The van der Waals surface area contributed by atoms with Crippen LogP contribution in [0.15, 0.2) is 27.6 Å². The van der Waals surface area contributed by atoms with Gasteiger partial charge in [-0.25, -0.2) is 13.1 Å². The molecule has 0 saturated heterocycles. The number of sulfonamides is 1. The Morgan fingerprint density at radius 3 is 2.61 bits per heavy atom. The highest BCUT2D eigenvalue weighted by Crippen LogP contribution is 2.22. The maximum absolute atomic E-state index is 12.0. The van der Waals surface area contributed by atoms with E-state index in [1.807, 2.05) is 6.92 Å². The highest BCUT2D eigenvalue weighted by atomic mass is 79.9. The lowest BCUT2D eigenvalue weighted by Gasteiger charge is -2.08. The van der Waals surface area contributed by atoms with Crippen molar-refractivity contribution >= 4 is 31.9 Å². The molecule has 1 amide bonds. The summed E-state index contributed by atoms with van der Waals surface area (Å²) in [6.07, 6.45) is 0.110. The summed E-state index contributed by atoms with van der Waals surface area (Å²) in [4.78, 5) is 11.2. The quantitative estimate of drug-likeness (QED) is 0.848. The molecule has 0 atom stereocenters. The van der Waals surface area contributed by atoms with Crippen molar-refractivity contribution in [2.24, 2.45) is 0 Å². The predicted molar refractivity (Wildman–Crippen MR) is 72.8 cm³/mol. The highest BCUT2D eigenvalue weighted by molar-refractivity contribution is 9.10. The Bertz CT molecular complexity index is 543. The number of carbonyl (C=O) groups is 1. The van der Waals surface area contributed by atoms with Crippen molar-refractivity contribution in [2.45, 2.75) is 18.2 Å². The minimum Gasteiger partial charge on any atom is -0.359 e. The molecule has 1 aromatic rings. The second-order valence-electron chi connectivity index (χ2n) is 3.75. The van der Waals surface area contributed by atoms with Crippen LogP contribution in [0, 0.1) is 6.92 Å². The minimum atomic E-state index is -3.59. The molecule has 1 rings (SSSR count). The van der Waals surface area contributed by atoms with E-state index in [-0.39, 0.29) is 23.8 Å². The molecule has 5 nitrogen and oxygen atoms in total. The lowest BCUT2D eigenvalue weighted by Crippen LogP contribution is -2.29. The van der Waals surface area contributed by atoms with Gasteiger partial charge in [-0.05, 0) is 40.5 Å². The van der Waals surface area contributed by atoms with Gasteiger partial charge in [-0.3, -0.25) is 4.79 Å². The third-order valence-electron chi connectivity index (χ3n) is 2.30. The van der Waals surface area contributed by atoms with E-state index >= 15 is 0 Å². The van der Waals surface area contributed by atoms with Crippen molar-refractivity contribution in [3.63, 3.8) is 0 Å². The molecular formula is C11H15BrN2O3S. The van der Waals surface area contributed by atoms with Gasteiger partial charge in [-0.15, -0.1) is 0 Å². The van der Waals surface area contributed by atoms with Crippen LogP contribution in [-0.4, -0.2) is 27.9 Å². The predicted octanol–water partition coefficient (Wildman–Crippen LogP) is 1.17. The van der Waals surface area contributed by atoms with Crippen LogP contribution in [0.2, 0.25) is 0 Å². The Hall–Kier alpha value is -0.920. The molecule has 0 bridgehead atoms. The van der Waals surface area contributed by atoms with Crippen LogP contribution in [0.5, 0.6) is 0 Å². The SMILES string of the molecule is CNC(=O)CCNS(=O)(=O)c1ccc(C)cc1Br. The summed E-state index contributed by atoms with van der Waals surface area (Å²) < 4.78 is 26.8. The topological polar surface area (TPSA) is 75.3 Å². The van der Waals surface area contributed by atoms with Crippen molar-refractivity contribution < 1.29 is 13.2 Å². The second-order valence-corrected chi connectivity index (χ2v) is 6.34. The second kappa shape index (κ2) is 6.31. The summed E-state index contributed by atoms with van der Waals surface area (Å²) in [5, 5.41) is 2.43. The highest BCUT2D eigenvalue weighted by Gasteiger charge is 2.17. The lowest BCUT2D eigenvalue weighted by molar-refractivity contribution is -0.120. The molecule has 7 heteroatoms. The van der Waals surface area contributed by atoms with Crippen molar-refractivity contribution in [1.29, 1.82) is 0 Å². The van der Waals surface area contributed by atoms with E-state index in [1.54, 1.807) is 12.1 Å². The van der Waals surface area contributed by atoms with E-state index in [0.717, 1.165) is 5.56 Å². The van der Waals surface area contributed by atoms with E-state index in [2.05, 4.69) is 26.0 Å². The molecule has 0 spiro atoms. The van der Waals surface area contributed by atoms with Crippen molar-refractivity contribution in [3.05, 3.63) is 28.2 Å². The summed E-state index contributed by atoms with van der Waals surface area (Å²) in [6, 6.07) is 4.98. The number of hydrogen-bond donors (Lipinski definition) is 2. The van der Waals surface area contributed by atoms with Crippen LogP contribution in [0.1, 0.15) is 12.0 Å². The fourth-order valence-electron chi connectivity index (χ4n) is 1.33. The number of halogens is 1. The van der Waals surface area contributed by atoms with Gasteiger partial charge in [-0.1, -0.05) is 6.07 Å². The van der Waals surface area contributed by atoms with Crippen LogP contribution in [0.25, 0.3) is 0 Å². The van der Waals surface area contributed by atoms with Crippen LogP contribution in [0.4, 0.5) is 0 Å². The molecule has 0 saturated carbocycles. The summed E-state index contributed by atoms with van der Waals surface area (Å²) in [5.74, 6) is -0.208. The molecular weight excluding hydrogens is 320 g/mol. The van der Waals surface area contributed by atoms with Gasteiger partial charge in [0.05, 0.1) is 4.90 Å². The van der Waals surface area contributed by atoms with E-state index in [9.17, 15) is 13.2 Å². The summed E-state index contributed by atoms with van der Waals surface area (Å²) >= 11 is 3.22. The number of benzene rings is 1. The average molecular weight is 335 g/mol. The van der Waals surface area contributed by atoms with Crippen LogP contribution >= 0.6 is 15.9 Å². The fraction of sp³-hybridized carbons (Fsp3) is 0.364. The Kier molecular flexibility index (Phi) is 5.30. The average Bonchev–Trinajstić information content (AvgIpc) is 2.27. The molecule has 2 N–H and O–H groups in total. The molecule has 18 heavy (non-hydrogen) atoms. The van der Waals surface area contributed by atoms with Crippen molar-refractivity contribution in [1.82, 2.24) is 10.0 Å². The fourth-order valence-corrected chi connectivity index (χ4v) is 3.55. The van der Waals surface area contributed by atoms with Gasteiger partial charge in [0.2, 0.25) is 15.9 Å². The molecule has 0 aliphatic heterocycles. The third kappa shape index (κ3) is 4.08. The standard InChI is InChI=1S/C11H15BrN2O3S/c1-8-3-4-10(9(12)7-8)18(16,17)14-6-5-11(15)13-2/h3-4,7,14H,5-6H2,1-2H3,(H,13,15). The first-order chi connectivity index (χ1) is 8.36. The van der Waals surface area contributed by atoms with Gasteiger partial charge in [-0.2, -0.15) is 0 Å². The van der Waals surface area contributed by atoms with Gasteiger partial charge in [0, 0.05) is 24.5 Å². The molecule has 0 heterocycles. The van der Waals surface area contributed by atoms with Gasteiger partial charge < -0.3 is 5.32 Å². The smallest absolute Gasteiger partial charge is 0.241 e. The maximum atomic E-state index is 12.0. The molecule has 0 aliphatic carbocycles. The number of carbonyl (C=O) groups excluding carboxylic acids is 1. The van der Waals surface area contributed by atoms with Gasteiger partial charge in [0.25, 0.3) is 0 Å². The van der Waals surface area contributed by atoms with Gasteiger partial charge in [0.15, 0.2) is 0 Å². The van der Waals surface area contributed by atoms with E-state index in [4.69, 9.17) is 0 Å². The Morgan fingerprint density at radius 2 is 2.06 bits per heavy atom. The zero-order valence-electron chi connectivity index (χ0n) is 10.2.